The molecule has 0 aromatic heterocycles. The van der Waals surface area contributed by atoms with Crippen LogP contribution >= 0.6 is 0 Å². The number of hydrogen-bond acceptors (Lipinski definition) is 3. The van der Waals surface area contributed by atoms with Crippen LogP contribution in [-0.4, -0.2) is 22.6 Å². The van der Waals surface area contributed by atoms with Crippen LogP contribution in [0.2, 0.25) is 0 Å². The van der Waals surface area contributed by atoms with Gasteiger partial charge in [-0.15, -0.1) is 0 Å². The van der Waals surface area contributed by atoms with E-state index in [1.165, 1.54) is 70.3 Å². The lowest BCUT2D eigenvalue weighted by molar-refractivity contribution is -0.112. The first-order valence-electron chi connectivity index (χ1n) is 14.0. The molecule has 2 aliphatic carbocycles. The number of ether oxygens (including phenoxy) is 1. The van der Waals surface area contributed by atoms with Gasteiger partial charge in [0.2, 0.25) is 0 Å². The van der Waals surface area contributed by atoms with Gasteiger partial charge < -0.3 is 9.84 Å². The predicted molar refractivity (Wildman–Crippen MR) is 137 cm³/mol. The summed E-state index contributed by atoms with van der Waals surface area (Å²) in [6, 6.07) is 6.54. The smallest absolute Gasteiger partial charge is 0.339 e. The third-order valence-corrected chi connectivity index (χ3v) is 8.35. The van der Waals surface area contributed by atoms with Crippen LogP contribution in [0, 0.1) is 17.8 Å². The zero-order chi connectivity index (χ0) is 24.4. The van der Waals surface area contributed by atoms with Crippen LogP contribution in [0.4, 0.5) is 0 Å². The molecule has 2 fully saturated rings. The first-order valence-corrected chi connectivity index (χ1v) is 14.0. The van der Waals surface area contributed by atoms with Crippen molar-refractivity contribution in [2.45, 2.75) is 122 Å². The largest absolute Gasteiger partial charge is 0.478 e. The summed E-state index contributed by atoms with van der Waals surface area (Å²) in [5, 5.41) is 9.67. The van der Waals surface area contributed by atoms with Gasteiger partial charge in [-0.2, -0.15) is 0 Å². The SMILES string of the molecule is CC(C)CCCCCCC(OC(=O)c1ccccc1C(=O)O)(C1CCCCC1)C1CCCCC1. The van der Waals surface area contributed by atoms with E-state index in [9.17, 15) is 14.7 Å². The number of rotatable bonds is 12. The number of unbranched alkanes of at least 4 members (excludes halogenated alkanes) is 3. The number of aromatic carboxylic acids is 1. The summed E-state index contributed by atoms with van der Waals surface area (Å²) in [4.78, 5) is 25.4. The van der Waals surface area contributed by atoms with Crippen LogP contribution in [0.15, 0.2) is 24.3 Å². The molecular weight excluding hydrogens is 424 g/mol. The average molecular weight is 471 g/mol. The van der Waals surface area contributed by atoms with Crippen molar-refractivity contribution in [2.24, 2.45) is 17.8 Å². The first kappa shape index (κ1) is 26.8. The van der Waals surface area contributed by atoms with E-state index in [0.717, 1.165) is 44.4 Å². The molecule has 2 saturated carbocycles. The maximum absolute atomic E-state index is 13.6. The molecule has 2 aliphatic rings. The van der Waals surface area contributed by atoms with Crippen LogP contribution in [0.25, 0.3) is 0 Å². The van der Waals surface area contributed by atoms with Crippen LogP contribution in [0.1, 0.15) is 137 Å². The molecule has 0 saturated heterocycles. The van der Waals surface area contributed by atoms with Crippen molar-refractivity contribution in [3.05, 3.63) is 35.4 Å². The van der Waals surface area contributed by atoms with Gasteiger partial charge in [-0.05, 0) is 68.4 Å². The van der Waals surface area contributed by atoms with Crippen molar-refractivity contribution in [2.75, 3.05) is 0 Å². The Hall–Kier alpha value is -1.84. The third-order valence-electron chi connectivity index (χ3n) is 8.35. The predicted octanol–water partition coefficient (Wildman–Crippen LogP) is 8.44. The Balaban J connectivity index is 1.85. The molecule has 34 heavy (non-hydrogen) atoms. The van der Waals surface area contributed by atoms with Crippen molar-refractivity contribution in [1.82, 2.24) is 0 Å². The lowest BCUT2D eigenvalue weighted by Gasteiger charge is -2.48. The number of esters is 1. The number of benzene rings is 1. The minimum Gasteiger partial charge on any atom is -0.478 e. The van der Waals surface area contributed by atoms with Gasteiger partial charge in [0.25, 0.3) is 0 Å². The topological polar surface area (TPSA) is 63.6 Å². The van der Waals surface area contributed by atoms with Gasteiger partial charge >= 0.3 is 11.9 Å². The highest BCUT2D eigenvalue weighted by Crippen LogP contribution is 2.48. The Morgan fingerprint density at radius 3 is 1.91 bits per heavy atom. The van der Waals surface area contributed by atoms with Crippen molar-refractivity contribution in [3.8, 4) is 0 Å². The zero-order valence-corrected chi connectivity index (χ0v) is 21.5. The maximum atomic E-state index is 13.6. The van der Waals surface area contributed by atoms with Gasteiger partial charge in [-0.25, -0.2) is 9.59 Å². The minimum absolute atomic E-state index is 0.0439. The number of hydrogen-bond donors (Lipinski definition) is 1. The van der Waals surface area contributed by atoms with Crippen LogP contribution < -0.4 is 0 Å². The molecule has 0 bridgehead atoms. The molecule has 0 unspecified atom stereocenters. The molecule has 0 spiro atoms. The van der Waals surface area contributed by atoms with E-state index < -0.39 is 17.5 Å². The van der Waals surface area contributed by atoms with Crippen LogP contribution in [0.3, 0.4) is 0 Å². The molecule has 4 nitrogen and oxygen atoms in total. The van der Waals surface area contributed by atoms with E-state index in [1.807, 2.05) is 0 Å². The van der Waals surface area contributed by atoms with Crippen molar-refractivity contribution < 1.29 is 19.4 Å². The average Bonchev–Trinajstić information content (AvgIpc) is 2.86. The highest BCUT2D eigenvalue weighted by Gasteiger charge is 2.48. The zero-order valence-electron chi connectivity index (χ0n) is 21.5. The molecule has 0 atom stereocenters. The summed E-state index contributed by atoms with van der Waals surface area (Å²) in [7, 11) is 0. The lowest BCUT2D eigenvalue weighted by atomic mass is 9.64. The van der Waals surface area contributed by atoms with Gasteiger partial charge in [0.05, 0.1) is 11.1 Å². The van der Waals surface area contributed by atoms with Gasteiger partial charge in [-0.1, -0.05) is 90.2 Å². The second-order valence-electron chi connectivity index (χ2n) is 11.2. The molecule has 190 valence electrons. The van der Waals surface area contributed by atoms with Crippen molar-refractivity contribution in [3.63, 3.8) is 0 Å². The second-order valence-corrected chi connectivity index (χ2v) is 11.2. The fraction of sp³-hybridized carbons (Fsp3) is 0.733. The molecule has 0 amide bonds. The normalized spacial score (nSPS) is 18.2. The van der Waals surface area contributed by atoms with E-state index >= 15 is 0 Å². The fourth-order valence-electron chi connectivity index (χ4n) is 6.52. The number of carbonyl (C=O) groups excluding carboxylic acids is 1. The van der Waals surface area contributed by atoms with E-state index in [4.69, 9.17) is 4.74 Å². The molecule has 4 heteroatoms. The Kier molecular flexibility index (Phi) is 10.5. The molecule has 0 radical (unpaired) electrons. The summed E-state index contributed by atoms with van der Waals surface area (Å²) in [6.45, 7) is 4.57. The monoisotopic (exact) mass is 470 g/mol. The van der Waals surface area contributed by atoms with Gasteiger partial charge in [0.1, 0.15) is 5.60 Å². The van der Waals surface area contributed by atoms with E-state index in [0.29, 0.717) is 11.8 Å². The molecule has 0 heterocycles. The number of carboxylic acids is 1. The van der Waals surface area contributed by atoms with E-state index in [-0.39, 0.29) is 11.1 Å². The molecular formula is C30H46O4. The van der Waals surface area contributed by atoms with Gasteiger partial charge in [0, 0.05) is 0 Å². The second kappa shape index (κ2) is 13.3. The third kappa shape index (κ3) is 7.09. The van der Waals surface area contributed by atoms with Crippen LogP contribution in [0.5, 0.6) is 0 Å². The minimum atomic E-state index is -1.07. The van der Waals surface area contributed by atoms with Crippen molar-refractivity contribution in [1.29, 1.82) is 0 Å². The quantitative estimate of drug-likeness (QED) is 0.246. The summed E-state index contributed by atoms with van der Waals surface area (Å²) >= 11 is 0. The summed E-state index contributed by atoms with van der Waals surface area (Å²) in [5.41, 5.74) is -0.216. The summed E-state index contributed by atoms with van der Waals surface area (Å²) < 4.78 is 6.64. The number of carboxylic acid groups (broad SMARTS) is 1. The van der Waals surface area contributed by atoms with Crippen molar-refractivity contribution >= 4 is 11.9 Å². The standard InChI is InChI=1S/C30H46O4/c1-23(2)15-7-3-4-14-22-30(24-16-8-5-9-17-24,25-18-10-6-11-19-25)34-29(33)27-21-13-12-20-26(27)28(31)32/h12-13,20-21,23-25H,3-11,14-19,22H2,1-2H3,(H,31,32). The Bertz CT molecular complexity index is 754. The van der Waals surface area contributed by atoms with Gasteiger partial charge in [-0.3, -0.25) is 0 Å². The van der Waals surface area contributed by atoms with Gasteiger partial charge in [0.15, 0.2) is 0 Å². The maximum Gasteiger partial charge on any atom is 0.339 e. The molecule has 1 aromatic carbocycles. The Labute approximate surface area is 206 Å². The molecule has 1 aromatic rings. The summed E-state index contributed by atoms with van der Waals surface area (Å²) in [5.74, 6) is 0.0216. The highest BCUT2D eigenvalue weighted by atomic mass is 16.6. The van der Waals surface area contributed by atoms with Crippen LogP contribution in [-0.2, 0) is 4.74 Å². The van der Waals surface area contributed by atoms with E-state index in [1.54, 1.807) is 18.2 Å². The number of carbonyl (C=O) groups is 2. The molecule has 0 aliphatic heterocycles. The van der Waals surface area contributed by atoms with E-state index in [2.05, 4.69) is 13.8 Å². The Morgan fingerprint density at radius 2 is 1.38 bits per heavy atom. The molecule has 1 N–H and O–H groups in total. The summed E-state index contributed by atoms with van der Waals surface area (Å²) in [6.07, 6.45) is 18.8. The Morgan fingerprint density at radius 1 is 0.853 bits per heavy atom. The first-order chi connectivity index (χ1) is 16.4. The fourth-order valence-corrected chi connectivity index (χ4v) is 6.52. The highest BCUT2D eigenvalue weighted by molar-refractivity contribution is 6.02. The lowest BCUT2D eigenvalue weighted by Crippen LogP contribution is -2.50. The molecule has 3 rings (SSSR count).